The van der Waals surface area contributed by atoms with Gasteiger partial charge in [0.25, 0.3) is 11.8 Å². The number of aliphatic imine (C=N–C) groups is 1. The Morgan fingerprint density at radius 3 is 2.80 bits per heavy atom. The maximum absolute atomic E-state index is 11.3. The third-order valence-corrected chi connectivity index (χ3v) is 2.22. The van der Waals surface area contributed by atoms with Crippen LogP contribution in [0.1, 0.15) is 21.8 Å². The molecule has 0 aromatic heterocycles. The largest absolute Gasteiger partial charge is 0.299 e. The predicted octanol–water partition coefficient (Wildman–Crippen LogP) is 1.29. The van der Waals surface area contributed by atoms with E-state index in [2.05, 4.69) is 10.2 Å². The summed E-state index contributed by atoms with van der Waals surface area (Å²) in [6.07, 6.45) is 1.16. The van der Waals surface area contributed by atoms with Crippen LogP contribution in [0, 0.1) is 4.91 Å². The minimum Gasteiger partial charge on any atom is -0.268 e. The van der Waals surface area contributed by atoms with Gasteiger partial charge in [-0.15, -0.1) is 4.91 Å². The highest BCUT2D eigenvalue weighted by Gasteiger charge is 2.27. The third-order valence-electron chi connectivity index (χ3n) is 2.22. The third kappa shape index (κ3) is 1.48. The van der Waals surface area contributed by atoms with Crippen LogP contribution in [0.3, 0.4) is 0 Å². The van der Waals surface area contributed by atoms with Gasteiger partial charge in [-0.3, -0.25) is 9.59 Å². The second-order valence-electron chi connectivity index (χ2n) is 3.08. The lowest BCUT2D eigenvalue weighted by molar-refractivity contribution is -0.117. The number of carbonyl (C=O) groups is 2. The number of fused-ring (bicyclic) bond motifs is 1. The lowest BCUT2D eigenvalue weighted by Gasteiger charge is -2.14. The van der Waals surface area contributed by atoms with Crippen LogP contribution in [0.2, 0.25) is 0 Å². The van der Waals surface area contributed by atoms with Crippen LogP contribution in [0.25, 0.3) is 0 Å². The zero-order chi connectivity index (χ0) is 10.8. The zero-order valence-corrected chi connectivity index (χ0v) is 7.58. The van der Waals surface area contributed by atoms with Crippen molar-refractivity contribution in [2.75, 3.05) is 0 Å². The normalized spacial score (nSPS) is 18.4. The van der Waals surface area contributed by atoms with E-state index in [9.17, 15) is 14.5 Å². The molecule has 2 amide bonds. The molecule has 1 unspecified atom stereocenters. The van der Waals surface area contributed by atoms with E-state index in [4.69, 9.17) is 0 Å². The number of rotatable bonds is 1. The Bertz CT molecular complexity index is 479. The van der Waals surface area contributed by atoms with Crippen LogP contribution in [-0.2, 0) is 4.79 Å². The number of carbonyl (C=O) groups excluding carboxylic acids is 2. The monoisotopic (exact) mass is 202 g/mol. The highest BCUT2D eigenvalue weighted by Crippen LogP contribution is 2.24. The fourth-order valence-electron chi connectivity index (χ4n) is 1.51. The second-order valence-corrected chi connectivity index (χ2v) is 3.08. The van der Waals surface area contributed by atoms with Crippen LogP contribution < -0.4 is 0 Å². The van der Waals surface area contributed by atoms with Gasteiger partial charge in [0.1, 0.15) is 5.92 Å². The van der Waals surface area contributed by atoms with Crippen LogP contribution in [0.15, 0.2) is 34.4 Å². The average molecular weight is 202 g/mol. The summed E-state index contributed by atoms with van der Waals surface area (Å²) in [6, 6.07) is 6.55. The van der Waals surface area contributed by atoms with Crippen molar-refractivity contribution in [3.63, 3.8) is 0 Å². The molecular weight excluding hydrogens is 196 g/mol. The number of nitroso groups, excluding NO2 is 1. The van der Waals surface area contributed by atoms with E-state index < -0.39 is 17.7 Å². The number of nitrogens with zero attached hydrogens (tertiary/aromatic N) is 2. The number of benzene rings is 1. The van der Waals surface area contributed by atoms with Crippen molar-refractivity contribution in [3.05, 3.63) is 40.3 Å². The lowest BCUT2D eigenvalue weighted by Crippen LogP contribution is -2.19. The Balaban J connectivity index is 2.55. The van der Waals surface area contributed by atoms with Crippen molar-refractivity contribution in [1.82, 2.24) is 0 Å². The van der Waals surface area contributed by atoms with E-state index in [1.807, 2.05) is 0 Å². The van der Waals surface area contributed by atoms with E-state index in [1.54, 1.807) is 24.3 Å². The van der Waals surface area contributed by atoms with E-state index in [-0.39, 0.29) is 0 Å². The van der Waals surface area contributed by atoms with Gasteiger partial charge in [0.05, 0.1) is 0 Å². The van der Waals surface area contributed by atoms with E-state index in [0.717, 1.165) is 6.21 Å². The van der Waals surface area contributed by atoms with Gasteiger partial charge in [0.2, 0.25) is 0 Å². The fourth-order valence-corrected chi connectivity index (χ4v) is 1.51. The molecule has 5 heteroatoms. The predicted molar refractivity (Wildman–Crippen MR) is 52.8 cm³/mol. The Labute approximate surface area is 84.8 Å². The molecule has 1 atom stereocenters. The molecule has 0 N–H and O–H groups in total. The first kappa shape index (κ1) is 9.39. The maximum atomic E-state index is 11.3. The fraction of sp³-hybridized carbons (Fsp3) is 0.100. The molecule has 15 heavy (non-hydrogen) atoms. The molecule has 0 saturated heterocycles. The first-order valence-corrected chi connectivity index (χ1v) is 4.28. The smallest absolute Gasteiger partial charge is 0.268 e. The summed E-state index contributed by atoms with van der Waals surface area (Å²) >= 11 is 0. The van der Waals surface area contributed by atoms with Gasteiger partial charge < -0.3 is 0 Å². The van der Waals surface area contributed by atoms with Crippen molar-refractivity contribution in [2.24, 2.45) is 10.2 Å². The summed E-state index contributed by atoms with van der Waals surface area (Å²) in [4.78, 5) is 36.2. The molecular formula is C10H6N2O3. The average Bonchev–Trinajstić information content (AvgIpc) is 2.29. The van der Waals surface area contributed by atoms with Gasteiger partial charge in [0, 0.05) is 17.0 Å². The molecule has 74 valence electrons. The maximum Gasteiger partial charge on any atom is 0.299 e. The number of amides is 2. The van der Waals surface area contributed by atoms with Crippen LogP contribution in [0.5, 0.6) is 0 Å². The highest BCUT2D eigenvalue weighted by atomic mass is 16.3. The van der Waals surface area contributed by atoms with Crippen LogP contribution in [-0.4, -0.2) is 18.0 Å². The topological polar surface area (TPSA) is 75.9 Å². The summed E-state index contributed by atoms with van der Waals surface area (Å²) in [6.45, 7) is 0. The first-order chi connectivity index (χ1) is 7.24. The van der Waals surface area contributed by atoms with Crippen molar-refractivity contribution >= 4 is 18.0 Å². The summed E-state index contributed by atoms with van der Waals surface area (Å²) in [5.41, 5.74) is 0.837. The standard InChI is InChI=1S/C10H6N2O3/c13-9-7-4-2-1-3-6(7)8(5-11-9)10(14)12-15/h1-5,8H. The highest BCUT2D eigenvalue weighted by molar-refractivity contribution is 6.11. The van der Waals surface area contributed by atoms with Crippen LogP contribution >= 0.6 is 0 Å². The van der Waals surface area contributed by atoms with Crippen molar-refractivity contribution in [3.8, 4) is 0 Å². The molecule has 0 radical (unpaired) electrons. The molecule has 0 bridgehead atoms. The Morgan fingerprint density at radius 1 is 1.33 bits per heavy atom. The van der Waals surface area contributed by atoms with Gasteiger partial charge in [-0.2, -0.15) is 0 Å². The van der Waals surface area contributed by atoms with Gasteiger partial charge in [-0.05, 0) is 11.6 Å². The molecule has 2 rings (SSSR count). The van der Waals surface area contributed by atoms with Gasteiger partial charge in [-0.25, -0.2) is 4.99 Å². The lowest BCUT2D eigenvalue weighted by atomic mass is 9.92. The molecule has 5 nitrogen and oxygen atoms in total. The molecule has 1 aliphatic heterocycles. The summed E-state index contributed by atoms with van der Waals surface area (Å²) in [5.74, 6) is -2.06. The van der Waals surface area contributed by atoms with Crippen molar-refractivity contribution in [1.29, 1.82) is 0 Å². The molecule has 1 aliphatic rings. The van der Waals surface area contributed by atoms with E-state index >= 15 is 0 Å². The second kappa shape index (κ2) is 3.53. The molecule has 1 aromatic carbocycles. The van der Waals surface area contributed by atoms with Crippen molar-refractivity contribution in [2.45, 2.75) is 5.92 Å². The summed E-state index contributed by atoms with van der Waals surface area (Å²) < 4.78 is 0. The quantitative estimate of drug-likeness (QED) is 0.644. The molecule has 0 aliphatic carbocycles. The first-order valence-electron chi connectivity index (χ1n) is 4.28. The molecule has 1 aromatic rings. The Hall–Kier alpha value is -2.17. The van der Waals surface area contributed by atoms with Crippen LogP contribution in [0.4, 0.5) is 0 Å². The zero-order valence-electron chi connectivity index (χ0n) is 7.58. The summed E-state index contributed by atoms with van der Waals surface area (Å²) in [5, 5.41) is 2.34. The molecule has 0 spiro atoms. The minimum atomic E-state index is -0.835. The molecule has 0 saturated carbocycles. The number of hydrogen-bond donors (Lipinski definition) is 0. The Kier molecular flexibility index (Phi) is 2.21. The summed E-state index contributed by atoms with van der Waals surface area (Å²) in [7, 11) is 0. The van der Waals surface area contributed by atoms with Gasteiger partial charge in [-0.1, -0.05) is 18.2 Å². The van der Waals surface area contributed by atoms with Gasteiger partial charge in [0.15, 0.2) is 0 Å². The minimum absolute atomic E-state index is 0.349. The number of hydrogen-bond acceptors (Lipinski definition) is 3. The SMILES string of the molecule is O=NC(=O)C1C=NC(=O)c2ccccc21. The van der Waals surface area contributed by atoms with E-state index in [0.29, 0.717) is 11.1 Å². The molecule has 0 fully saturated rings. The Morgan fingerprint density at radius 2 is 2.07 bits per heavy atom. The van der Waals surface area contributed by atoms with E-state index in [1.165, 1.54) is 0 Å². The van der Waals surface area contributed by atoms with Gasteiger partial charge >= 0.3 is 0 Å². The molecule has 1 heterocycles. The van der Waals surface area contributed by atoms with Crippen molar-refractivity contribution < 1.29 is 9.59 Å².